The monoisotopic (exact) mass is 391 g/mol. The molecule has 0 heterocycles. The second-order valence-electron chi connectivity index (χ2n) is 5.08. The molecule has 0 spiro atoms. The fraction of sp³-hybridized carbons (Fsp3) is 0.278. The van der Waals surface area contributed by atoms with Crippen molar-refractivity contribution in [2.75, 3.05) is 21.3 Å². The first-order valence-electron chi connectivity index (χ1n) is 7.56. The van der Waals surface area contributed by atoms with Crippen LogP contribution in [-0.4, -0.2) is 27.2 Å². The largest absolute Gasteiger partial charge is 0.497 e. The fourth-order valence-corrected chi connectivity index (χ4v) is 2.62. The van der Waals surface area contributed by atoms with Crippen LogP contribution in [0.15, 0.2) is 51.9 Å². The van der Waals surface area contributed by atoms with Gasteiger partial charge in [-0.05, 0) is 35.9 Å². The molecule has 0 atom stereocenters. The molecule has 5 nitrogen and oxygen atoms in total. The molecule has 2 rings (SSSR count). The maximum absolute atomic E-state index is 5.38. The van der Waals surface area contributed by atoms with Gasteiger partial charge in [-0.1, -0.05) is 28.1 Å². The van der Waals surface area contributed by atoms with Crippen LogP contribution in [0.1, 0.15) is 11.1 Å². The number of halogens is 1. The number of nitrogens with one attached hydrogen (secondary N) is 2. The van der Waals surface area contributed by atoms with Gasteiger partial charge in [0.1, 0.15) is 11.5 Å². The molecule has 0 radical (unpaired) electrons. The van der Waals surface area contributed by atoms with Gasteiger partial charge in [-0.3, -0.25) is 4.99 Å². The second kappa shape index (κ2) is 9.17. The van der Waals surface area contributed by atoms with Gasteiger partial charge in [-0.25, -0.2) is 0 Å². The van der Waals surface area contributed by atoms with E-state index in [1.807, 2.05) is 42.5 Å². The molecule has 0 aromatic heterocycles. The van der Waals surface area contributed by atoms with Crippen LogP contribution >= 0.6 is 15.9 Å². The maximum Gasteiger partial charge on any atom is 0.191 e. The molecule has 2 aromatic rings. The van der Waals surface area contributed by atoms with E-state index < -0.39 is 0 Å². The van der Waals surface area contributed by atoms with Gasteiger partial charge < -0.3 is 20.1 Å². The Hall–Kier alpha value is -2.21. The number of guanidine groups is 1. The summed E-state index contributed by atoms with van der Waals surface area (Å²) in [5, 5.41) is 6.58. The topological polar surface area (TPSA) is 54.9 Å². The quantitative estimate of drug-likeness (QED) is 0.585. The Bertz CT molecular complexity index is 687. The summed E-state index contributed by atoms with van der Waals surface area (Å²) in [6.45, 7) is 1.30. The van der Waals surface area contributed by atoms with Crippen molar-refractivity contribution in [1.29, 1.82) is 0 Å². The molecule has 0 saturated heterocycles. The number of methoxy groups -OCH3 is 2. The summed E-state index contributed by atoms with van der Waals surface area (Å²) in [6, 6.07) is 13.9. The van der Waals surface area contributed by atoms with Crippen LogP contribution in [0.25, 0.3) is 0 Å². The molecule has 0 aliphatic rings. The van der Waals surface area contributed by atoms with Crippen LogP contribution in [0.4, 0.5) is 0 Å². The van der Waals surface area contributed by atoms with Crippen molar-refractivity contribution < 1.29 is 9.47 Å². The van der Waals surface area contributed by atoms with Crippen molar-refractivity contribution in [1.82, 2.24) is 10.6 Å². The van der Waals surface area contributed by atoms with Crippen LogP contribution in [0.2, 0.25) is 0 Å². The van der Waals surface area contributed by atoms with Crippen molar-refractivity contribution in [3.8, 4) is 11.5 Å². The van der Waals surface area contributed by atoms with Crippen molar-refractivity contribution in [3.05, 3.63) is 58.1 Å². The first-order chi connectivity index (χ1) is 11.7. The minimum Gasteiger partial charge on any atom is -0.497 e. The lowest BCUT2D eigenvalue weighted by Gasteiger charge is -2.14. The van der Waals surface area contributed by atoms with E-state index in [1.54, 1.807) is 21.3 Å². The smallest absolute Gasteiger partial charge is 0.191 e. The average molecular weight is 392 g/mol. The zero-order valence-corrected chi connectivity index (χ0v) is 15.7. The van der Waals surface area contributed by atoms with Gasteiger partial charge >= 0.3 is 0 Å². The molecular formula is C18H22BrN3O2. The molecule has 0 bridgehead atoms. The third-order valence-corrected chi connectivity index (χ3v) is 4.02. The molecule has 24 heavy (non-hydrogen) atoms. The first-order valence-corrected chi connectivity index (χ1v) is 8.35. The Labute approximate surface area is 151 Å². The Morgan fingerprint density at radius 2 is 1.71 bits per heavy atom. The normalized spacial score (nSPS) is 11.1. The zero-order chi connectivity index (χ0) is 17.4. The minimum atomic E-state index is 0.616. The predicted octanol–water partition coefficient (Wildman–Crippen LogP) is 3.33. The van der Waals surface area contributed by atoms with Gasteiger partial charge in [0.15, 0.2) is 5.96 Å². The van der Waals surface area contributed by atoms with Crippen molar-refractivity contribution in [3.63, 3.8) is 0 Å². The van der Waals surface area contributed by atoms with E-state index in [0.717, 1.165) is 33.1 Å². The average Bonchev–Trinajstić information content (AvgIpc) is 2.62. The number of nitrogens with zero attached hydrogens (tertiary/aromatic N) is 1. The Kier molecular flexibility index (Phi) is 6.93. The summed E-state index contributed by atoms with van der Waals surface area (Å²) in [5.74, 6) is 2.42. The Morgan fingerprint density at radius 3 is 2.33 bits per heavy atom. The lowest BCUT2D eigenvalue weighted by molar-refractivity contribution is 0.409. The van der Waals surface area contributed by atoms with E-state index in [4.69, 9.17) is 9.47 Å². The molecule has 0 fully saturated rings. The molecule has 6 heteroatoms. The van der Waals surface area contributed by atoms with Gasteiger partial charge in [0.2, 0.25) is 0 Å². The third-order valence-electron chi connectivity index (χ3n) is 3.53. The number of hydrogen-bond donors (Lipinski definition) is 2. The summed E-state index contributed by atoms with van der Waals surface area (Å²) in [6.07, 6.45) is 0. The number of hydrogen-bond acceptors (Lipinski definition) is 3. The molecule has 0 amide bonds. The number of benzene rings is 2. The van der Waals surface area contributed by atoms with Gasteiger partial charge in [0, 0.05) is 30.2 Å². The summed E-state index contributed by atoms with van der Waals surface area (Å²) in [7, 11) is 5.08. The van der Waals surface area contributed by atoms with Crippen molar-refractivity contribution in [2.45, 2.75) is 13.1 Å². The van der Waals surface area contributed by atoms with Crippen LogP contribution in [0.3, 0.4) is 0 Å². The molecule has 0 unspecified atom stereocenters. The zero-order valence-electron chi connectivity index (χ0n) is 14.1. The lowest BCUT2D eigenvalue weighted by Crippen LogP contribution is -2.36. The molecule has 128 valence electrons. The highest BCUT2D eigenvalue weighted by molar-refractivity contribution is 9.10. The van der Waals surface area contributed by atoms with Gasteiger partial charge in [-0.2, -0.15) is 0 Å². The van der Waals surface area contributed by atoms with Gasteiger partial charge in [0.25, 0.3) is 0 Å². The first kappa shape index (κ1) is 18.1. The SMILES string of the molecule is CN=C(NCc1ccc(OC)cc1)NCc1cc(Br)ccc1OC. The molecule has 0 aliphatic carbocycles. The lowest BCUT2D eigenvalue weighted by atomic mass is 10.2. The van der Waals surface area contributed by atoms with Crippen LogP contribution in [0, 0.1) is 0 Å². The molecule has 0 saturated carbocycles. The molecule has 2 aromatic carbocycles. The Morgan fingerprint density at radius 1 is 1.00 bits per heavy atom. The van der Waals surface area contributed by atoms with E-state index in [2.05, 4.69) is 31.6 Å². The van der Waals surface area contributed by atoms with Crippen molar-refractivity contribution in [2.24, 2.45) is 4.99 Å². The standard InChI is InChI=1S/C18H22BrN3O2/c1-20-18(21-11-13-4-7-16(23-2)8-5-13)22-12-14-10-15(19)6-9-17(14)24-3/h4-10H,11-12H2,1-3H3,(H2,20,21,22). The number of ether oxygens (including phenoxy) is 2. The van der Waals surface area contributed by atoms with Crippen LogP contribution < -0.4 is 20.1 Å². The van der Waals surface area contributed by atoms with E-state index in [9.17, 15) is 0 Å². The summed E-state index contributed by atoms with van der Waals surface area (Å²) in [5.41, 5.74) is 2.21. The van der Waals surface area contributed by atoms with E-state index >= 15 is 0 Å². The Balaban J connectivity index is 1.91. The highest BCUT2D eigenvalue weighted by Gasteiger charge is 2.05. The summed E-state index contributed by atoms with van der Waals surface area (Å²) in [4.78, 5) is 4.25. The van der Waals surface area contributed by atoms with Gasteiger partial charge in [-0.15, -0.1) is 0 Å². The van der Waals surface area contributed by atoms with E-state index in [-0.39, 0.29) is 0 Å². The highest BCUT2D eigenvalue weighted by Crippen LogP contribution is 2.22. The fourth-order valence-electron chi connectivity index (χ4n) is 2.21. The maximum atomic E-state index is 5.38. The molecule has 0 aliphatic heterocycles. The second-order valence-corrected chi connectivity index (χ2v) is 6.00. The van der Waals surface area contributed by atoms with Crippen LogP contribution in [0.5, 0.6) is 11.5 Å². The summed E-state index contributed by atoms with van der Waals surface area (Å²) >= 11 is 3.48. The van der Waals surface area contributed by atoms with Gasteiger partial charge in [0.05, 0.1) is 14.2 Å². The summed E-state index contributed by atoms with van der Waals surface area (Å²) < 4.78 is 11.6. The number of rotatable bonds is 6. The predicted molar refractivity (Wildman–Crippen MR) is 101 cm³/mol. The van der Waals surface area contributed by atoms with Crippen molar-refractivity contribution >= 4 is 21.9 Å². The molecular weight excluding hydrogens is 370 g/mol. The van der Waals surface area contributed by atoms with Crippen LogP contribution in [-0.2, 0) is 13.1 Å². The van der Waals surface area contributed by atoms with E-state index in [1.165, 1.54) is 0 Å². The minimum absolute atomic E-state index is 0.616. The van der Waals surface area contributed by atoms with E-state index in [0.29, 0.717) is 13.1 Å². The highest BCUT2D eigenvalue weighted by atomic mass is 79.9. The number of aliphatic imine (C=N–C) groups is 1. The third kappa shape index (κ3) is 5.16. The molecule has 2 N–H and O–H groups in total.